The molecule has 0 aliphatic heterocycles. The monoisotopic (exact) mass is 99.1 g/mol. The third-order valence-electron chi connectivity index (χ3n) is 0.446. The minimum atomic E-state index is 0.273. The van der Waals surface area contributed by atoms with E-state index >= 15 is 0 Å². The third kappa shape index (κ3) is 2.99. The van der Waals surface area contributed by atoms with Crippen molar-refractivity contribution in [2.45, 2.75) is 0 Å². The molecule has 0 aromatic heterocycles. The van der Waals surface area contributed by atoms with Gasteiger partial charge in [-0.05, 0) is 6.08 Å². The van der Waals surface area contributed by atoms with E-state index in [4.69, 9.17) is 5.73 Å². The molecule has 3 nitrogen and oxygen atoms in total. The maximum absolute atomic E-state index is 9.51. The van der Waals surface area contributed by atoms with Gasteiger partial charge in [0.2, 0.25) is 6.41 Å². The number of rotatable bonds is 3. The smallest absolute Gasteiger partial charge is 0.208 e. The first-order valence-corrected chi connectivity index (χ1v) is 1.76. The van der Waals surface area contributed by atoms with Gasteiger partial charge in [0, 0.05) is 0 Å². The van der Waals surface area contributed by atoms with Crippen LogP contribution in [0.3, 0.4) is 0 Å². The second-order valence-corrected chi connectivity index (χ2v) is 0.922. The maximum Gasteiger partial charge on any atom is 0.208 e. The number of carbonyl (C=O) groups is 1. The Morgan fingerprint density at radius 2 is 2.43 bits per heavy atom. The second-order valence-electron chi connectivity index (χ2n) is 0.922. The first-order valence-electron chi connectivity index (χ1n) is 1.76. The van der Waals surface area contributed by atoms with Crippen LogP contribution in [0.5, 0.6) is 0 Å². The highest BCUT2D eigenvalue weighted by molar-refractivity contribution is 5.49. The number of nitrogens with one attached hydrogen (secondary N) is 1. The van der Waals surface area contributed by atoms with Crippen LogP contribution in [0.1, 0.15) is 0 Å². The number of amides is 1. The van der Waals surface area contributed by atoms with Crippen LogP contribution in [0, 0.1) is 6.17 Å². The summed E-state index contributed by atoms with van der Waals surface area (Å²) in [6, 6.07) is 0. The molecular weight excluding hydrogens is 92.1 g/mol. The lowest BCUT2D eigenvalue weighted by atomic mass is 10.5. The van der Waals surface area contributed by atoms with E-state index in [1.807, 2.05) is 0 Å². The molecule has 0 saturated carbocycles. The standard InChI is InChI=1S/C4H7N2O/c1-2-4(5)6-3-7/h2-3H,1,5H2,(H,6,7). The maximum atomic E-state index is 9.51. The molecule has 39 valence electrons. The number of carbonyl (C=O) groups excluding carboxylic acids is 1. The fraction of sp³-hybridized carbons (Fsp3) is 0. The highest BCUT2D eigenvalue weighted by Gasteiger charge is 1.87. The topological polar surface area (TPSA) is 55.1 Å². The van der Waals surface area contributed by atoms with Crippen LogP contribution in [0.4, 0.5) is 0 Å². The fourth-order valence-electron chi connectivity index (χ4n) is 0.127. The van der Waals surface area contributed by atoms with Gasteiger partial charge in [-0.3, -0.25) is 4.79 Å². The molecule has 0 bridgehead atoms. The van der Waals surface area contributed by atoms with Crippen molar-refractivity contribution in [3.8, 4) is 0 Å². The summed E-state index contributed by atoms with van der Waals surface area (Å²) in [5, 5.41) is 2.19. The average Bonchev–Trinajstić information content (AvgIpc) is 1.68. The van der Waals surface area contributed by atoms with Crippen LogP contribution in [0.25, 0.3) is 0 Å². The molecule has 7 heavy (non-hydrogen) atoms. The van der Waals surface area contributed by atoms with Crippen molar-refractivity contribution in [3.05, 3.63) is 18.8 Å². The zero-order valence-electron chi connectivity index (χ0n) is 3.85. The molecule has 1 radical (unpaired) electrons. The average molecular weight is 99.1 g/mol. The van der Waals surface area contributed by atoms with Gasteiger partial charge in [0.25, 0.3) is 0 Å². The Kier molecular flexibility index (Phi) is 2.96. The van der Waals surface area contributed by atoms with Crippen LogP contribution in [-0.2, 0) is 4.79 Å². The summed E-state index contributed by atoms with van der Waals surface area (Å²) < 4.78 is 0. The van der Waals surface area contributed by atoms with Crippen molar-refractivity contribution in [1.29, 1.82) is 0 Å². The Morgan fingerprint density at radius 3 is 2.57 bits per heavy atom. The lowest BCUT2D eigenvalue weighted by Gasteiger charge is -1.97. The van der Waals surface area contributed by atoms with Crippen LogP contribution in [-0.4, -0.2) is 6.41 Å². The summed E-state index contributed by atoms with van der Waals surface area (Å²) in [6.07, 6.45) is 2.13. The van der Waals surface area contributed by atoms with Crippen molar-refractivity contribution in [2.75, 3.05) is 0 Å². The van der Waals surface area contributed by atoms with E-state index in [9.17, 15) is 4.79 Å². The quantitative estimate of drug-likeness (QED) is 0.463. The second kappa shape index (κ2) is 3.36. The van der Waals surface area contributed by atoms with Crippen LogP contribution < -0.4 is 11.1 Å². The number of nitrogens with two attached hydrogens (primary N) is 1. The lowest BCUT2D eigenvalue weighted by molar-refractivity contribution is -0.109. The van der Waals surface area contributed by atoms with E-state index in [1.165, 1.54) is 6.08 Å². The molecule has 3 heteroatoms. The van der Waals surface area contributed by atoms with Gasteiger partial charge in [0.15, 0.2) is 0 Å². The Balaban J connectivity index is 3.15. The zero-order chi connectivity index (χ0) is 5.70. The molecule has 0 unspecified atom stereocenters. The Bertz CT molecular complexity index is 72.1. The fourth-order valence-corrected chi connectivity index (χ4v) is 0.127. The highest BCUT2D eigenvalue weighted by atomic mass is 16.1. The first-order chi connectivity index (χ1) is 3.31. The van der Waals surface area contributed by atoms with Gasteiger partial charge in [0.05, 0.1) is 0 Å². The molecule has 3 N–H and O–H groups in total. The SMILES string of the molecule is C=C[C](N)NC=O. The molecule has 0 spiro atoms. The largest absolute Gasteiger partial charge is 0.334 e. The van der Waals surface area contributed by atoms with Gasteiger partial charge in [0.1, 0.15) is 6.17 Å². The minimum Gasteiger partial charge on any atom is -0.334 e. The van der Waals surface area contributed by atoms with Crippen molar-refractivity contribution in [1.82, 2.24) is 5.32 Å². The molecule has 0 saturated heterocycles. The lowest BCUT2D eigenvalue weighted by Crippen LogP contribution is -2.24. The summed E-state index contributed by atoms with van der Waals surface area (Å²) in [6.45, 7) is 3.30. The molecular formula is C4H7N2O. The van der Waals surface area contributed by atoms with Crippen LogP contribution in [0.15, 0.2) is 12.7 Å². The van der Waals surface area contributed by atoms with Gasteiger partial charge >= 0.3 is 0 Å². The predicted octanol–water partition coefficient (Wildman–Crippen LogP) is -0.633. The summed E-state index contributed by atoms with van der Waals surface area (Å²) in [4.78, 5) is 9.51. The van der Waals surface area contributed by atoms with E-state index in [0.717, 1.165) is 0 Å². The van der Waals surface area contributed by atoms with Crippen molar-refractivity contribution < 1.29 is 4.79 Å². The molecule has 0 aliphatic rings. The van der Waals surface area contributed by atoms with Crippen molar-refractivity contribution in [3.63, 3.8) is 0 Å². The van der Waals surface area contributed by atoms with Crippen molar-refractivity contribution in [2.24, 2.45) is 5.73 Å². The summed E-state index contributed by atoms with van der Waals surface area (Å²) >= 11 is 0. The molecule has 0 heterocycles. The molecule has 0 rings (SSSR count). The molecule has 0 fully saturated rings. The van der Waals surface area contributed by atoms with Gasteiger partial charge in [-0.25, -0.2) is 0 Å². The summed E-state index contributed by atoms with van der Waals surface area (Å²) in [7, 11) is 0. The van der Waals surface area contributed by atoms with E-state index in [1.54, 1.807) is 0 Å². The normalized spacial score (nSPS) is 8.29. The van der Waals surface area contributed by atoms with Gasteiger partial charge in [-0.1, -0.05) is 6.58 Å². The molecule has 1 amide bonds. The Morgan fingerprint density at radius 1 is 1.86 bits per heavy atom. The molecule has 0 atom stereocenters. The summed E-state index contributed by atoms with van der Waals surface area (Å²) in [5.41, 5.74) is 5.04. The minimum absolute atomic E-state index is 0.273. The summed E-state index contributed by atoms with van der Waals surface area (Å²) in [5.74, 6) is 0. The number of hydrogen-bond acceptors (Lipinski definition) is 2. The van der Waals surface area contributed by atoms with E-state index in [-0.39, 0.29) is 6.17 Å². The first kappa shape index (κ1) is 6.17. The molecule has 0 aromatic carbocycles. The predicted molar refractivity (Wildman–Crippen MR) is 26.8 cm³/mol. The van der Waals surface area contributed by atoms with Crippen LogP contribution >= 0.6 is 0 Å². The van der Waals surface area contributed by atoms with E-state index in [2.05, 4.69) is 11.9 Å². The van der Waals surface area contributed by atoms with Gasteiger partial charge in [-0.2, -0.15) is 0 Å². The van der Waals surface area contributed by atoms with E-state index < -0.39 is 0 Å². The van der Waals surface area contributed by atoms with Crippen LogP contribution in [0.2, 0.25) is 0 Å². The Labute approximate surface area is 42.2 Å². The highest BCUT2D eigenvalue weighted by Crippen LogP contribution is 1.75. The van der Waals surface area contributed by atoms with Gasteiger partial charge < -0.3 is 11.1 Å². The van der Waals surface area contributed by atoms with Gasteiger partial charge in [-0.15, -0.1) is 0 Å². The van der Waals surface area contributed by atoms with E-state index in [0.29, 0.717) is 6.41 Å². The Hall–Kier alpha value is -0.830. The molecule has 0 aromatic rings. The van der Waals surface area contributed by atoms with Crippen molar-refractivity contribution >= 4 is 6.41 Å². The zero-order valence-corrected chi connectivity index (χ0v) is 3.85. The third-order valence-corrected chi connectivity index (χ3v) is 0.446. The molecule has 0 aliphatic carbocycles. The number of hydrogen-bond donors (Lipinski definition) is 2.